The lowest BCUT2D eigenvalue weighted by Gasteiger charge is -2.37. The number of hydrogen-bond donors (Lipinski definition) is 2. The van der Waals surface area contributed by atoms with Gasteiger partial charge in [0.15, 0.2) is 0 Å². The zero-order valence-electron chi connectivity index (χ0n) is 12.1. The molecule has 2 atom stereocenters. The maximum Gasteiger partial charge on any atom is 0.236 e. The highest BCUT2D eigenvalue weighted by atomic mass is 16.2. The molecule has 0 aromatic carbocycles. The molecule has 1 amide bonds. The van der Waals surface area contributed by atoms with E-state index in [-0.39, 0.29) is 11.9 Å². The van der Waals surface area contributed by atoms with Gasteiger partial charge in [-0.05, 0) is 26.4 Å². The van der Waals surface area contributed by atoms with E-state index < -0.39 is 0 Å². The van der Waals surface area contributed by atoms with E-state index in [0.717, 1.165) is 26.1 Å². The molecule has 2 unspecified atom stereocenters. The summed E-state index contributed by atoms with van der Waals surface area (Å²) in [6.07, 6.45) is 0.742. The lowest BCUT2D eigenvalue weighted by molar-refractivity contribution is -0.123. The maximum absolute atomic E-state index is 11.8. The smallest absolute Gasteiger partial charge is 0.236 e. The Kier molecular flexibility index (Phi) is 6.05. The minimum absolute atomic E-state index is 0.0228. The van der Waals surface area contributed by atoms with Crippen LogP contribution >= 0.6 is 0 Å². The normalized spacial score (nSPS) is 24.2. The van der Waals surface area contributed by atoms with Crippen LogP contribution in [-0.4, -0.2) is 68.1 Å². The van der Waals surface area contributed by atoms with Crippen LogP contribution in [0.5, 0.6) is 0 Å². The Bertz CT molecular complexity index is 270. The molecule has 0 radical (unpaired) electrons. The van der Waals surface area contributed by atoms with Gasteiger partial charge in [0.1, 0.15) is 0 Å². The maximum atomic E-state index is 11.8. The third-order valence-electron chi connectivity index (χ3n) is 3.55. The molecule has 1 aliphatic rings. The van der Waals surface area contributed by atoms with Gasteiger partial charge in [0, 0.05) is 32.2 Å². The molecule has 0 saturated carbocycles. The van der Waals surface area contributed by atoms with Crippen LogP contribution in [0.2, 0.25) is 0 Å². The third kappa shape index (κ3) is 4.92. The summed E-state index contributed by atoms with van der Waals surface area (Å²) >= 11 is 0. The molecule has 0 spiro atoms. The monoisotopic (exact) mass is 256 g/mol. The number of nitrogens with two attached hydrogens (primary N) is 1. The number of piperazine rings is 1. The molecule has 5 nitrogen and oxygen atoms in total. The van der Waals surface area contributed by atoms with Crippen molar-refractivity contribution >= 4 is 5.91 Å². The van der Waals surface area contributed by atoms with Crippen LogP contribution < -0.4 is 11.1 Å². The molecule has 1 heterocycles. The number of nitrogens with zero attached hydrogens (tertiary/aromatic N) is 2. The average molecular weight is 256 g/mol. The van der Waals surface area contributed by atoms with Crippen LogP contribution in [0.4, 0.5) is 0 Å². The van der Waals surface area contributed by atoms with Crippen molar-refractivity contribution in [2.75, 3.05) is 40.3 Å². The Labute approximate surface area is 111 Å². The number of amides is 1. The Morgan fingerprint density at radius 3 is 2.67 bits per heavy atom. The van der Waals surface area contributed by atoms with E-state index in [1.807, 2.05) is 0 Å². The molecule has 1 aliphatic heterocycles. The zero-order valence-corrected chi connectivity index (χ0v) is 12.1. The number of rotatable bonds is 5. The minimum atomic E-state index is -0.378. The van der Waals surface area contributed by atoms with E-state index in [0.29, 0.717) is 18.5 Å². The molecule has 0 aromatic rings. The van der Waals surface area contributed by atoms with Crippen molar-refractivity contribution in [1.29, 1.82) is 0 Å². The van der Waals surface area contributed by atoms with E-state index in [9.17, 15) is 4.79 Å². The van der Waals surface area contributed by atoms with Crippen LogP contribution in [-0.2, 0) is 4.79 Å². The molecule has 5 heteroatoms. The van der Waals surface area contributed by atoms with Crippen LogP contribution in [0.15, 0.2) is 0 Å². The Balaban J connectivity index is 2.32. The number of nitrogens with one attached hydrogen (secondary N) is 1. The van der Waals surface area contributed by atoms with Gasteiger partial charge in [-0.2, -0.15) is 0 Å². The molecule has 1 rings (SSSR count). The first-order chi connectivity index (χ1) is 8.40. The van der Waals surface area contributed by atoms with Crippen molar-refractivity contribution in [3.05, 3.63) is 0 Å². The van der Waals surface area contributed by atoms with Gasteiger partial charge in [-0.25, -0.2) is 0 Å². The van der Waals surface area contributed by atoms with Crippen LogP contribution in [0.25, 0.3) is 0 Å². The Morgan fingerprint density at radius 1 is 1.39 bits per heavy atom. The minimum Gasteiger partial charge on any atom is -0.353 e. The summed E-state index contributed by atoms with van der Waals surface area (Å²) < 4.78 is 0. The van der Waals surface area contributed by atoms with Gasteiger partial charge in [0.2, 0.25) is 5.91 Å². The summed E-state index contributed by atoms with van der Waals surface area (Å²) in [7, 11) is 4.23. The van der Waals surface area contributed by atoms with Crippen molar-refractivity contribution in [2.45, 2.75) is 32.4 Å². The standard InChI is InChI=1S/C13H28N4O/c1-10(2)7-12(14)13(18)15-8-11-9-16(3)5-6-17(11)4/h10-12H,5-9,14H2,1-4H3,(H,15,18). The fraction of sp³-hybridized carbons (Fsp3) is 0.923. The largest absolute Gasteiger partial charge is 0.353 e. The molecule has 0 aromatic heterocycles. The first kappa shape index (κ1) is 15.4. The highest BCUT2D eigenvalue weighted by Gasteiger charge is 2.23. The van der Waals surface area contributed by atoms with Crippen LogP contribution in [0.1, 0.15) is 20.3 Å². The van der Waals surface area contributed by atoms with E-state index in [4.69, 9.17) is 5.73 Å². The summed E-state index contributed by atoms with van der Waals surface area (Å²) in [5.74, 6) is 0.430. The van der Waals surface area contributed by atoms with Gasteiger partial charge in [0.05, 0.1) is 6.04 Å². The number of hydrogen-bond acceptors (Lipinski definition) is 4. The van der Waals surface area contributed by atoms with Crippen molar-refractivity contribution in [3.8, 4) is 0 Å². The fourth-order valence-electron chi connectivity index (χ4n) is 2.29. The summed E-state index contributed by atoms with van der Waals surface area (Å²) in [4.78, 5) is 16.4. The number of likely N-dealkylation sites (N-methyl/N-ethyl adjacent to an activating group) is 2. The zero-order chi connectivity index (χ0) is 13.7. The molecular formula is C13H28N4O. The quantitative estimate of drug-likeness (QED) is 0.710. The van der Waals surface area contributed by atoms with Crippen molar-refractivity contribution < 1.29 is 4.79 Å². The van der Waals surface area contributed by atoms with Crippen molar-refractivity contribution in [2.24, 2.45) is 11.7 Å². The molecule has 3 N–H and O–H groups in total. The van der Waals surface area contributed by atoms with Crippen molar-refractivity contribution in [1.82, 2.24) is 15.1 Å². The summed E-state index contributed by atoms with van der Waals surface area (Å²) in [6, 6.07) is 0.00979. The van der Waals surface area contributed by atoms with Crippen LogP contribution in [0, 0.1) is 5.92 Å². The van der Waals surface area contributed by atoms with E-state index in [2.05, 4.69) is 43.1 Å². The van der Waals surface area contributed by atoms with Crippen molar-refractivity contribution in [3.63, 3.8) is 0 Å². The topological polar surface area (TPSA) is 61.6 Å². The molecule has 18 heavy (non-hydrogen) atoms. The second-order valence-electron chi connectivity index (χ2n) is 5.88. The molecule has 1 saturated heterocycles. The SMILES string of the molecule is CC(C)CC(N)C(=O)NCC1CN(C)CCN1C. The summed E-state index contributed by atoms with van der Waals surface area (Å²) in [5.41, 5.74) is 5.86. The Hall–Kier alpha value is -0.650. The molecule has 0 bridgehead atoms. The number of carbonyl (C=O) groups is 1. The predicted octanol–water partition coefficient (Wildman–Crippen LogP) is -0.278. The Morgan fingerprint density at radius 2 is 2.06 bits per heavy atom. The second kappa shape index (κ2) is 7.07. The van der Waals surface area contributed by atoms with Crippen LogP contribution in [0.3, 0.4) is 0 Å². The molecule has 1 fully saturated rings. The fourth-order valence-corrected chi connectivity index (χ4v) is 2.29. The van der Waals surface area contributed by atoms with E-state index in [1.54, 1.807) is 0 Å². The number of carbonyl (C=O) groups excluding carboxylic acids is 1. The van der Waals surface area contributed by atoms with Gasteiger partial charge in [-0.15, -0.1) is 0 Å². The highest BCUT2D eigenvalue weighted by molar-refractivity contribution is 5.81. The molecule has 106 valence electrons. The predicted molar refractivity (Wildman–Crippen MR) is 74.4 cm³/mol. The van der Waals surface area contributed by atoms with Gasteiger partial charge in [0.25, 0.3) is 0 Å². The highest BCUT2D eigenvalue weighted by Crippen LogP contribution is 2.06. The third-order valence-corrected chi connectivity index (χ3v) is 3.55. The molecular weight excluding hydrogens is 228 g/mol. The van der Waals surface area contributed by atoms with Gasteiger partial charge >= 0.3 is 0 Å². The first-order valence-corrected chi connectivity index (χ1v) is 6.82. The molecule has 0 aliphatic carbocycles. The first-order valence-electron chi connectivity index (χ1n) is 6.82. The second-order valence-corrected chi connectivity index (χ2v) is 5.88. The van der Waals surface area contributed by atoms with Gasteiger partial charge < -0.3 is 16.0 Å². The summed E-state index contributed by atoms with van der Waals surface area (Å²) in [6.45, 7) is 7.98. The average Bonchev–Trinajstić information content (AvgIpc) is 2.29. The van der Waals surface area contributed by atoms with Gasteiger partial charge in [-0.3, -0.25) is 9.69 Å². The van der Waals surface area contributed by atoms with E-state index in [1.165, 1.54) is 0 Å². The van der Waals surface area contributed by atoms with Gasteiger partial charge in [-0.1, -0.05) is 13.8 Å². The lowest BCUT2D eigenvalue weighted by Crippen LogP contribution is -2.55. The lowest BCUT2D eigenvalue weighted by atomic mass is 10.0. The summed E-state index contributed by atoms with van der Waals surface area (Å²) in [5, 5.41) is 2.98. The van der Waals surface area contributed by atoms with E-state index >= 15 is 0 Å².